The van der Waals surface area contributed by atoms with E-state index in [9.17, 15) is 9.59 Å². The zero-order chi connectivity index (χ0) is 13.1. The van der Waals surface area contributed by atoms with Gasteiger partial charge >= 0.3 is 12.1 Å². The van der Waals surface area contributed by atoms with Crippen molar-refractivity contribution in [2.45, 2.75) is 38.8 Å². The molecule has 3 N–H and O–H groups in total. The van der Waals surface area contributed by atoms with E-state index in [1.807, 2.05) is 0 Å². The molecule has 0 unspecified atom stereocenters. The summed E-state index contributed by atoms with van der Waals surface area (Å²) in [5.74, 6) is -1.51. The first-order valence-corrected chi connectivity index (χ1v) is 5.72. The van der Waals surface area contributed by atoms with Crippen LogP contribution in [0.3, 0.4) is 0 Å². The van der Waals surface area contributed by atoms with Crippen molar-refractivity contribution in [1.29, 1.82) is 0 Å². The second kappa shape index (κ2) is 5.35. The lowest BCUT2D eigenvalue weighted by molar-refractivity contribution is -0.143. The molecular weight excluding hydrogens is 224 g/mol. The zero-order valence-electron chi connectivity index (χ0n) is 10.4. The van der Waals surface area contributed by atoms with Gasteiger partial charge < -0.3 is 20.5 Å². The number of ether oxygens (including phenoxy) is 1. The Balaban J connectivity index is 2.53. The minimum Gasteiger partial charge on any atom is -0.481 e. The molecule has 0 aromatic carbocycles. The van der Waals surface area contributed by atoms with Gasteiger partial charge in [-0.05, 0) is 33.7 Å². The molecule has 0 aromatic heterocycles. The SMILES string of the molecule is CC(C)(C)OC(=O)N[C@@H]1CCNC[C@@H]1C(=O)O. The van der Waals surface area contributed by atoms with Crippen molar-refractivity contribution in [2.75, 3.05) is 13.1 Å². The van der Waals surface area contributed by atoms with Crippen LogP contribution < -0.4 is 10.6 Å². The summed E-state index contributed by atoms with van der Waals surface area (Å²) in [4.78, 5) is 22.5. The van der Waals surface area contributed by atoms with E-state index in [1.165, 1.54) is 0 Å². The number of rotatable bonds is 2. The minimum atomic E-state index is -0.904. The second-order valence-electron chi connectivity index (χ2n) is 5.19. The van der Waals surface area contributed by atoms with Gasteiger partial charge in [0.2, 0.25) is 0 Å². The van der Waals surface area contributed by atoms with Gasteiger partial charge in [-0.15, -0.1) is 0 Å². The van der Waals surface area contributed by atoms with E-state index in [4.69, 9.17) is 9.84 Å². The molecule has 6 nitrogen and oxygen atoms in total. The molecule has 1 fully saturated rings. The van der Waals surface area contributed by atoms with Crippen molar-refractivity contribution in [2.24, 2.45) is 5.92 Å². The number of carbonyl (C=O) groups is 2. The first-order valence-electron chi connectivity index (χ1n) is 5.72. The highest BCUT2D eigenvalue weighted by Gasteiger charge is 2.32. The normalized spacial score (nSPS) is 25.1. The third-order valence-electron chi connectivity index (χ3n) is 2.50. The van der Waals surface area contributed by atoms with Crippen LogP contribution in [-0.2, 0) is 9.53 Å². The number of carbonyl (C=O) groups excluding carboxylic acids is 1. The third kappa shape index (κ3) is 4.60. The molecule has 2 atom stereocenters. The number of piperidine rings is 1. The highest BCUT2D eigenvalue weighted by molar-refractivity contribution is 5.74. The number of aliphatic carboxylic acids is 1. The lowest BCUT2D eigenvalue weighted by Crippen LogP contribution is -2.53. The highest BCUT2D eigenvalue weighted by atomic mass is 16.6. The molecule has 98 valence electrons. The van der Waals surface area contributed by atoms with Crippen molar-refractivity contribution >= 4 is 12.1 Å². The summed E-state index contributed by atoms with van der Waals surface area (Å²) in [5.41, 5.74) is -0.574. The van der Waals surface area contributed by atoms with Gasteiger partial charge in [-0.25, -0.2) is 4.79 Å². The summed E-state index contributed by atoms with van der Waals surface area (Å²) < 4.78 is 5.11. The Labute approximate surface area is 101 Å². The van der Waals surface area contributed by atoms with Crippen LogP contribution in [0.25, 0.3) is 0 Å². The lowest BCUT2D eigenvalue weighted by atomic mass is 9.94. The predicted molar refractivity (Wildman–Crippen MR) is 61.8 cm³/mol. The maximum absolute atomic E-state index is 11.5. The fourth-order valence-corrected chi connectivity index (χ4v) is 1.75. The smallest absolute Gasteiger partial charge is 0.407 e. The van der Waals surface area contributed by atoms with Crippen LogP contribution in [-0.4, -0.2) is 41.9 Å². The number of hydrogen-bond donors (Lipinski definition) is 3. The van der Waals surface area contributed by atoms with Gasteiger partial charge in [-0.1, -0.05) is 0 Å². The molecule has 1 aliphatic heterocycles. The molecule has 1 rings (SSSR count). The fraction of sp³-hybridized carbons (Fsp3) is 0.818. The average molecular weight is 244 g/mol. The first kappa shape index (κ1) is 13.8. The molecule has 1 aliphatic rings. The predicted octanol–water partition coefficient (Wildman–Crippen LogP) is 0.574. The molecule has 0 aromatic rings. The molecule has 0 aliphatic carbocycles. The maximum atomic E-state index is 11.5. The van der Waals surface area contributed by atoms with E-state index in [1.54, 1.807) is 20.8 Å². The lowest BCUT2D eigenvalue weighted by Gasteiger charge is -2.30. The first-order chi connectivity index (χ1) is 7.79. The summed E-state index contributed by atoms with van der Waals surface area (Å²) in [6, 6.07) is -0.372. The van der Waals surface area contributed by atoms with Gasteiger partial charge in [0.25, 0.3) is 0 Å². The van der Waals surface area contributed by atoms with Crippen LogP contribution in [0.5, 0.6) is 0 Å². The van der Waals surface area contributed by atoms with E-state index >= 15 is 0 Å². The molecule has 0 radical (unpaired) electrons. The molecule has 6 heteroatoms. The van der Waals surface area contributed by atoms with E-state index < -0.39 is 23.6 Å². The molecule has 17 heavy (non-hydrogen) atoms. The fourth-order valence-electron chi connectivity index (χ4n) is 1.75. The van der Waals surface area contributed by atoms with Crippen LogP contribution in [0.1, 0.15) is 27.2 Å². The summed E-state index contributed by atoms with van der Waals surface area (Å²) in [5, 5.41) is 14.6. The molecule has 0 bridgehead atoms. The van der Waals surface area contributed by atoms with Crippen LogP contribution in [0, 0.1) is 5.92 Å². The monoisotopic (exact) mass is 244 g/mol. The van der Waals surface area contributed by atoms with Crippen molar-refractivity contribution in [3.05, 3.63) is 0 Å². The minimum absolute atomic E-state index is 0.371. The van der Waals surface area contributed by atoms with E-state index in [0.717, 1.165) is 0 Å². The van der Waals surface area contributed by atoms with Crippen molar-refractivity contribution in [3.8, 4) is 0 Å². The maximum Gasteiger partial charge on any atom is 0.407 e. The zero-order valence-corrected chi connectivity index (χ0v) is 10.4. The van der Waals surface area contributed by atoms with Crippen LogP contribution in [0.4, 0.5) is 4.79 Å². The van der Waals surface area contributed by atoms with Gasteiger partial charge in [0, 0.05) is 12.6 Å². The number of alkyl carbamates (subject to hydrolysis) is 1. The Kier molecular flexibility index (Phi) is 4.34. The Morgan fingerprint density at radius 2 is 2.06 bits per heavy atom. The van der Waals surface area contributed by atoms with Crippen LogP contribution >= 0.6 is 0 Å². The summed E-state index contributed by atoms with van der Waals surface area (Å²) >= 11 is 0. The largest absolute Gasteiger partial charge is 0.481 e. The summed E-state index contributed by atoms with van der Waals surface area (Å²) in [6.45, 7) is 6.37. The molecule has 1 amide bonds. The van der Waals surface area contributed by atoms with Gasteiger partial charge in [0.1, 0.15) is 5.60 Å². The third-order valence-corrected chi connectivity index (χ3v) is 2.50. The summed E-state index contributed by atoms with van der Waals surface area (Å²) in [6.07, 6.45) is 0.0339. The number of carboxylic acid groups (broad SMARTS) is 1. The molecule has 0 spiro atoms. The van der Waals surface area contributed by atoms with Crippen molar-refractivity contribution in [1.82, 2.24) is 10.6 Å². The number of hydrogen-bond acceptors (Lipinski definition) is 4. The van der Waals surface area contributed by atoms with Crippen LogP contribution in [0.2, 0.25) is 0 Å². The topological polar surface area (TPSA) is 87.7 Å². The number of amides is 1. The van der Waals surface area contributed by atoms with E-state index in [2.05, 4.69) is 10.6 Å². The van der Waals surface area contributed by atoms with Gasteiger partial charge in [-0.2, -0.15) is 0 Å². The molecule has 1 saturated heterocycles. The Morgan fingerprint density at radius 1 is 1.41 bits per heavy atom. The van der Waals surface area contributed by atoms with Gasteiger partial charge in [-0.3, -0.25) is 4.79 Å². The Hall–Kier alpha value is -1.30. The summed E-state index contributed by atoms with van der Waals surface area (Å²) in [7, 11) is 0. The Morgan fingerprint density at radius 3 is 2.59 bits per heavy atom. The van der Waals surface area contributed by atoms with Crippen molar-refractivity contribution < 1.29 is 19.4 Å². The van der Waals surface area contributed by atoms with Crippen LogP contribution in [0.15, 0.2) is 0 Å². The van der Waals surface area contributed by atoms with Gasteiger partial charge in [0.15, 0.2) is 0 Å². The standard InChI is InChI=1S/C11H20N2O4/c1-11(2,3)17-10(16)13-8-4-5-12-6-7(8)9(14)15/h7-8,12H,4-6H2,1-3H3,(H,13,16)(H,14,15)/t7-,8+/m0/s1. The van der Waals surface area contributed by atoms with Crippen molar-refractivity contribution in [3.63, 3.8) is 0 Å². The molecular formula is C11H20N2O4. The number of nitrogens with one attached hydrogen (secondary N) is 2. The second-order valence-corrected chi connectivity index (χ2v) is 5.19. The average Bonchev–Trinajstić information content (AvgIpc) is 2.14. The molecule has 0 saturated carbocycles. The highest BCUT2D eigenvalue weighted by Crippen LogP contribution is 2.13. The van der Waals surface area contributed by atoms with E-state index in [-0.39, 0.29) is 6.04 Å². The quantitative estimate of drug-likeness (QED) is 0.661. The molecule has 1 heterocycles. The number of carboxylic acids is 1. The van der Waals surface area contributed by atoms with E-state index in [0.29, 0.717) is 19.5 Å². The Bertz CT molecular complexity index is 298. The van der Waals surface area contributed by atoms with Gasteiger partial charge in [0.05, 0.1) is 5.92 Å².